The lowest BCUT2D eigenvalue weighted by molar-refractivity contribution is -0.121. The lowest BCUT2D eigenvalue weighted by Crippen LogP contribution is -2.36. The molecule has 0 saturated heterocycles. The standard InChI is InChI=1S/C30H42FN3O4/c1-2-22-7-5-8-24(17-22)30(13-14-30)34-21-26(35)12-11-23-18-25(31)20-27(19-23)38-16-4-3-15-33-29(37)10-6-9-28(32)36/h5,7-8,17-20,26,34-35H,2-4,6,9-16,21H2,1H3,(H2,32,36)(H,33,37)/t26-/m0/s1. The highest BCUT2D eigenvalue weighted by Gasteiger charge is 2.44. The molecule has 2 aromatic carbocycles. The van der Waals surface area contributed by atoms with Crippen LogP contribution in [0.25, 0.3) is 0 Å². The Hall–Kier alpha value is -2.97. The van der Waals surface area contributed by atoms with Gasteiger partial charge in [-0.05, 0) is 80.2 Å². The minimum atomic E-state index is -0.527. The Morgan fingerprint density at radius 2 is 1.92 bits per heavy atom. The van der Waals surface area contributed by atoms with E-state index in [0.717, 1.165) is 31.2 Å². The zero-order valence-corrected chi connectivity index (χ0v) is 22.4. The Morgan fingerprint density at radius 3 is 2.66 bits per heavy atom. The van der Waals surface area contributed by atoms with Crippen molar-refractivity contribution in [3.8, 4) is 5.75 Å². The summed E-state index contributed by atoms with van der Waals surface area (Å²) in [4.78, 5) is 22.4. The Morgan fingerprint density at radius 1 is 1.11 bits per heavy atom. The number of hydrogen-bond acceptors (Lipinski definition) is 5. The summed E-state index contributed by atoms with van der Waals surface area (Å²) in [5, 5.41) is 17.0. The molecule has 3 rings (SSSR count). The maximum atomic E-state index is 14.2. The number of aliphatic hydroxyl groups excluding tert-OH is 1. The molecule has 8 heteroatoms. The van der Waals surface area contributed by atoms with Crippen LogP contribution in [-0.4, -0.2) is 42.7 Å². The number of unbranched alkanes of at least 4 members (excludes halogenated alkanes) is 1. The third-order valence-electron chi connectivity index (χ3n) is 7.00. The monoisotopic (exact) mass is 527 g/mol. The van der Waals surface area contributed by atoms with Crippen LogP contribution in [0, 0.1) is 5.82 Å². The van der Waals surface area contributed by atoms with Gasteiger partial charge < -0.3 is 26.2 Å². The van der Waals surface area contributed by atoms with Crippen LogP contribution in [-0.2, 0) is 28.0 Å². The summed E-state index contributed by atoms with van der Waals surface area (Å²) in [5.41, 5.74) is 8.44. The molecule has 0 aliphatic heterocycles. The van der Waals surface area contributed by atoms with Crippen LogP contribution in [0.3, 0.4) is 0 Å². The average molecular weight is 528 g/mol. The van der Waals surface area contributed by atoms with Gasteiger partial charge in [-0.15, -0.1) is 0 Å². The van der Waals surface area contributed by atoms with Gasteiger partial charge in [-0.1, -0.05) is 31.2 Å². The Bertz CT molecular complexity index is 1060. The molecule has 0 spiro atoms. The molecule has 38 heavy (non-hydrogen) atoms. The number of nitrogens with two attached hydrogens (primary N) is 1. The molecule has 7 nitrogen and oxygen atoms in total. The van der Waals surface area contributed by atoms with Crippen LogP contribution in [0.5, 0.6) is 5.75 Å². The highest BCUT2D eigenvalue weighted by atomic mass is 19.1. The normalized spacial score (nSPS) is 14.6. The van der Waals surface area contributed by atoms with Gasteiger partial charge in [-0.2, -0.15) is 0 Å². The average Bonchev–Trinajstić information content (AvgIpc) is 3.69. The number of aliphatic hydroxyl groups is 1. The van der Waals surface area contributed by atoms with Gasteiger partial charge in [-0.3, -0.25) is 9.59 Å². The molecular formula is C30H42FN3O4. The smallest absolute Gasteiger partial charge is 0.220 e. The summed E-state index contributed by atoms with van der Waals surface area (Å²) in [6.45, 7) is 3.58. The second kappa shape index (κ2) is 14.8. The van der Waals surface area contributed by atoms with Crippen molar-refractivity contribution in [3.63, 3.8) is 0 Å². The second-order valence-corrected chi connectivity index (χ2v) is 10.2. The molecule has 1 saturated carbocycles. The molecule has 0 unspecified atom stereocenters. The van der Waals surface area contributed by atoms with Crippen LogP contribution >= 0.6 is 0 Å². The van der Waals surface area contributed by atoms with Crippen molar-refractivity contribution < 1.29 is 23.8 Å². The number of carbonyl (C=O) groups is 2. The van der Waals surface area contributed by atoms with E-state index in [0.29, 0.717) is 51.1 Å². The second-order valence-electron chi connectivity index (χ2n) is 10.2. The number of aryl methyl sites for hydroxylation is 2. The predicted molar refractivity (Wildman–Crippen MR) is 146 cm³/mol. The van der Waals surface area contributed by atoms with Crippen molar-refractivity contribution in [3.05, 3.63) is 65.0 Å². The van der Waals surface area contributed by atoms with Gasteiger partial charge in [0.15, 0.2) is 0 Å². The number of rotatable bonds is 18. The topological polar surface area (TPSA) is 114 Å². The largest absolute Gasteiger partial charge is 0.493 e. The maximum absolute atomic E-state index is 14.2. The Labute approximate surface area is 225 Å². The van der Waals surface area contributed by atoms with Crippen LogP contribution in [0.2, 0.25) is 0 Å². The van der Waals surface area contributed by atoms with Crippen molar-refractivity contribution in [1.29, 1.82) is 0 Å². The van der Waals surface area contributed by atoms with E-state index in [9.17, 15) is 19.1 Å². The van der Waals surface area contributed by atoms with Crippen LogP contribution in [0.4, 0.5) is 4.39 Å². The number of amides is 2. The van der Waals surface area contributed by atoms with E-state index in [1.165, 1.54) is 23.3 Å². The molecule has 5 N–H and O–H groups in total. The number of halogens is 1. The number of primary amides is 1. The molecule has 2 aromatic rings. The molecule has 0 radical (unpaired) electrons. The van der Waals surface area contributed by atoms with Crippen LogP contribution in [0.1, 0.15) is 75.0 Å². The Balaban J connectivity index is 1.34. The molecule has 1 aliphatic carbocycles. The van der Waals surface area contributed by atoms with E-state index in [4.69, 9.17) is 10.5 Å². The third-order valence-corrected chi connectivity index (χ3v) is 7.00. The zero-order chi connectivity index (χ0) is 27.4. The van der Waals surface area contributed by atoms with E-state index in [2.05, 4.69) is 41.8 Å². The summed E-state index contributed by atoms with van der Waals surface area (Å²) in [6, 6.07) is 13.3. The van der Waals surface area contributed by atoms with E-state index < -0.39 is 12.0 Å². The summed E-state index contributed by atoms with van der Waals surface area (Å²) < 4.78 is 19.9. The molecule has 1 fully saturated rings. The number of hydrogen-bond donors (Lipinski definition) is 4. The number of nitrogens with one attached hydrogen (secondary N) is 2. The zero-order valence-electron chi connectivity index (χ0n) is 22.4. The van der Waals surface area contributed by atoms with Crippen molar-refractivity contribution in [1.82, 2.24) is 10.6 Å². The first-order chi connectivity index (χ1) is 18.3. The highest BCUT2D eigenvalue weighted by molar-refractivity contribution is 5.77. The van der Waals surface area contributed by atoms with Crippen molar-refractivity contribution in [2.45, 2.75) is 82.8 Å². The predicted octanol–water partition coefficient (Wildman–Crippen LogP) is 3.89. The minimum absolute atomic E-state index is 0.0280. The highest BCUT2D eigenvalue weighted by Crippen LogP contribution is 2.45. The van der Waals surface area contributed by atoms with E-state index in [1.54, 1.807) is 0 Å². The summed E-state index contributed by atoms with van der Waals surface area (Å²) >= 11 is 0. The first-order valence-corrected chi connectivity index (χ1v) is 13.8. The van der Waals surface area contributed by atoms with Crippen molar-refractivity contribution >= 4 is 11.8 Å². The van der Waals surface area contributed by atoms with Gasteiger partial charge >= 0.3 is 0 Å². The molecule has 1 atom stereocenters. The number of benzene rings is 2. The molecule has 0 heterocycles. The third kappa shape index (κ3) is 10.1. The molecule has 1 aliphatic rings. The molecule has 0 aromatic heterocycles. The van der Waals surface area contributed by atoms with Crippen LogP contribution < -0.4 is 21.1 Å². The van der Waals surface area contributed by atoms with Gasteiger partial charge in [0.1, 0.15) is 11.6 Å². The van der Waals surface area contributed by atoms with E-state index in [1.807, 2.05) is 6.07 Å². The molecule has 0 bridgehead atoms. The summed E-state index contributed by atoms with van der Waals surface area (Å²) in [7, 11) is 0. The quantitative estimate of drug-likeness (QED) is 0.220. The van der Waals surface area contributed by atoms with E-state index in [-0.39, 0.29) is 30.1 Å². The summed E-state index contributed by atoms with van der Waals surface area (Å²) in [5.74, 6) is -0.395. The SMILES string of the molecule is CCc1cccc(C2(NC[C@@H](O)CCc3cc(F)cc(OCCCCNC(=O)CCCC(N)=O)c3)CC2)c1. The van der Waals surface area contributed by atoms with Crippen LogP contribution in [0.15, 0.2) is 42.5 Å². The van der Waals surface area contributed by atoms with Gasteiger partial charge in [0.25, 0.3) is 0 Å². The fraction of sp³-hybridized carbons (Fsp3) is 0.533. The van der Waals surface area contributed by atoms with E-state index >= 15 is 0 Å². The van der Waals surface area contributed by atoms with Gasteiger partial charge in [0.2, 0.25) is 11.8 Å². The fourth-order valence-corrected chi connectivity index (χ4v) is 4.53. The lowest BCUT2D eigenvalue weighted by Gasteiger charge is -2.21. The Kier molecular flexibility index (Phi) is 11.5. The van der Waals surface area contributed by atoms with Crippen molar-refractivity contribution in [2.24, 2.45) is 5.73 Å². The number of ether oxygens (including phenoxy) is 1. The maximum Gasteiger partial charge on any atom is 0.220 e. The first-order valence-electron chi connectivity index (χ1n) is 13.8. The van der Waals surface area contributed by atoms with Gasteiger partial charge in [-0.25, -0.2) is 4.39 Å². The minimum Gasteiger partial charge on any atom is -0.493 e. The fourth-order valence-electron chi connectivity index (χ4n) is 4.53. The van der Waals surface area contributed by atoms with Gasteiger partial charge in [0.05, 0.1) is 12.7 Å². The molecular weight excluding hydrogens is 485 g/mol. The number of carbonyl (C=O) groups excluding carboxylic acids is 2. The van der Waals surface area contributed by atoms with Gasteiger partial charge in [0, 0.05) is 37.5 Å². The lowest BCUT2D eigenvalue weighted by atomic mass is 10.00. The molecule has 208 valence electrons. The van der Waals surface area contributed by atoms with Crippen molar-refractivity contribution in [2.75, 3.05) is 19.7 Å². The molecule has 2 amide bonds. The first kappa shape index (κ1) is 29.6. The summed E-state index contributed by atoms with van der Waals surface area (Å²) in [6.07, 6.45) is 6.08.